The lowest BCUT2D eigenvalue weighted by Crippen LogP contribution is -2.49. The molecule has 1 fully saturated rings. The lowest BCUT2D eigenvalue weighted by atomic mass is 9.80. The summed E-state index contributed by atoms with van der Waals surface area (Å²) >= 11 is 0. The topological polar surface area (TPSA) is 55.1 Å². The lowest BCUT2D eigenvalue weighted by Gasteiger charge is -2.34. The van der Waals surface area contributed by atoms with Gasteiger partial charge in [0.25, 0.3) is 0 Å². The molecule has 1 atom stereocenters. The quantitative estimate of drug-likeness (QED) is 0.819. The van der Waals surface area contributed by atoms with Gasteiger partial charge < -0.3 is 11.1 Å². The molecule has 0 aliphatic heterocycles. The number of hydrogen-bond donors (Lipinski definition) is 2. The summed E-state index contributed by atoms with van der Waals surface area (Å²) in [5.41, 5.74) is 5.18. The van der Waals surface area contributed by atoms with Crippen molar-refractivity contribution in [3.63, 3.8) is 0 Å². The predicted octanol–water partition coefficient (Wildman–Crippen LogP) is 2.99. The number of carbonyl (C=O) groups excluding carboxylic acids is 1. The second kappa shape index (κ2) is 6.78. The van der Waals surface area contributed by atoms with Crippen LogP contribution in [0.3, 0.4) is 0 Å². The van der Waals surface area contributed by atoms with Crippen molar-refractivity contribution < 1.29 is 18.0 Å². The number of nitrogens with two attached hydrogens (primary N) is 1. The third-order valence-corrected chi connectivity index (χ3v) is 4.46. The molecular formula is C14H25F3N2O. The number of hydrogen-bond acceptors (Lipinski definition) is 2. The first-order valence-electron chi connectivity index (χ1n) is 7.30. The largest absolute Gasteiger partial charge is 0.391 e. The summed E-state index contributed by atoms with van der Waals surface area (Å²) in [6.07, 6.45) is -1.95. The maximum absolute atomic E-state index is 12.6. The molecular weight excluding hydrogens is 269 g/mol. The van der Waals surface area contributed by atoms with E-state index in [1.807, 2.05) is 13.8 Å². The Hall–Kier alpha value is -0.780. The molecule has 3 N–H and O–H groups in total. The molecule has 1 aliphatic rings. The average Bonchev–Trinajstić information content (AvgIpc) is 2.38. The van der Waals surface area contributed by atoms with Crippen LogP contribution in [0.4, 0.5) is 13.2 Å². The first-order valence-corrected chi connectivity index (χ1v) is 7.30. The normalized spacial score (nSPS) is 26.9. The monoisotopic (exact) mass is 294 g/mol. The first-order chi connectivity index (χ1) is 9.22. The number of amides is 1. The fourth-order valence-electron chi connectivity index (χ4n) is 2.73. The Morgan fingerprint density at radius 3 is 2.20 bits per heavy atom. The highest BCUT2D eigenvalue weighted by Crippen LogP contribution is 2.39. The van der Waals surface area contributed by atoms with Crippen LogP contribution in [0.15, 0.2) is 0 Å². The summed E-state index contributed by atoms with van der Waals surface area (Å²) in [4.78, 5) is 12.2. The zero-order valence-electron chi connectivity index (χ0n) is 12.2. The standard InChI is InChI=1S/C14H25F3N2O/c1-3-13(2,8-9-18)19-12(20)10-4-6-11(7-5-10)14(15,16)17/h10-11H,3-9,18H2,1-2H3,(H,19,20). The molecule has 0 aromatic rings. The second-order valence-corrected chi connectivity index (χ2v) is 6.03. The van der Waals surface area contributed by atoms with E-state index in [9.17, 15) is 18.0 Å². The van der Waals surface area contributed by atoms with Crippen molar-refractivity contribution >= 4 is 5.91 Å². The fraction of sp³-hybridized carbons (Fsp3) is 0.929. The van der Waals surface area contributed by atoms with E-state index in [1.165, 1.54) is 0 Å². The third-order valence-electron chi connectivity index (χ3n) is 4.46. The van der Waals surface area contributed by atoms with Crippen LogP contribution in [0, 0.1) is 11.8 Å². The molecule has 1 aliphatic carbocycles. The number of rotatable bonds is 5. The summed E-state index contributed by atoms with van der Waals surface area (Å²) < 4.78 is 37.7. The summed E-state index contributed by atoms with van der Waals surface area (Å²) in [7, 11) is 0. The van der Waals surface area contributed by atoms with Gasteiger partial charge >= 0.3 is 6.18 Å². The van der Waals surface area contributed by atoms with E-state index in [0.717, 1.165) is 6.42 Å². The van der Waals surface area contributed by atoms with Gasteiger partial charge in [0.2, 0.25) is 5.91 Å². The maximum atomic E-state index is 12.6. The summed E-state index contributed by atoms with van der Waals surface area (Å²) in [6, 6.07) is 0. The van der Waals surface area contributed by atoms with Gasteiger partial charge in [-0.3, -0.25) is 4.79 Å². The van der Waals surface area contributed by atoms with Gasteiger partial charge in [0.1, 0.15) is 0 Å². The molecule has 0 heterocycles. The molecule has 20 heavy (non-hydrogen) atoms. The molecule has 0 saturated heterocycles. The molecule has 1 rings (SSSR count). The molecule has 3 nitrogen and oxygen atoms in total. The van der Waals surface area contributed by atoms with Gasteiger partial charge in [0, 0.05) is 11.5 Å². The van der Waals surface area contributed by atoms with Crippen molar-refractivity contribution in [2.24, 2.45) is 17.6 Å². The molecule has 118 valence electrons. The van der Waals surface area contributed by atoms with Gasteiger partial charge in [0.15, 0.2) is 0 Å². The smallest absolute Gasteiger partial charge is 0.351 e. The molecule has 6 heteroatoms. The second-order valence-electron chi connectivity index (χ2n) is 6.03. The number of carbonyl (C=O) groups is 1. The van der Waals surface area contributed by atoms with Crippen molar-refractivity contribution in [1.29, 1.82) is 0 Å². The molecule has 0 bridgehead atoms. The van der Waals surface area contributed by atoms with E-state index >= 15 is 0 Å². The molecule has 0 aromatic carbocycles. The van der Waals surface area contributed by atoms with Crippen molar-refractivity contribution in [3.8, 4) is 0 Å². The highest BCUT2D eigenvalue weighted by molar-refractivity contribution is 5.79. The first kappa shape index (κ1) is 17.3. The molecule has 1 saturated carbocycles. The highest BCUT2D eigenvalue weighted by atomic mass is 19.4. The fourth-order valence-corrected chi connectivity index (χ4v) is 2.73. The molecule has 1 amide bonds. The highest BCUT2D eigenvalue weighted by Gasteiger charge is 2.42. The molecule has 0 aromatic heterocycles. The zero-order valence-corrected chi connectivity index (χ0v) is 12.2. The maximum Gasteiger partial charge on any atom is 0.391 e. The van der Waals surface area contributed by atoms with Crippen LogP contribution < -0.4 is 11.1 Å². The zero-order chi connectivity index (χ0) is 15.4. The Balaban J connectivity index is 2.51. The molecule has 0 spiro atoms. The minimum absolute atomic E-state index is 0.0569. The van der Waals surface area contributed by atoms with E-state index in [1.54, 1.807) is 0 Å². The van der Waals surface area contributed by atoms with Crippen LogP contribution in [0.2, 0.25) is 0 Å². The van der Waals surface area contributed by atoms with Crippen LogP contribution in [-0.4, -0.2) is 24.2 Å². The van der Waals surface area contributed by atoms with Crippen LogP contribution in [0.1, 0.15) is 52.4 Å². The summed E-state index contributed by atoms with van der Waals surface area (Å²) in [5, 5.41) is 2.97. The van der Waals surface area contributed by atoms with E-state index in [-0.39, 0.29) is 30.2 Å². The van der Waals surface area contributed by atoms with E-state index in [4.69, 9.17) is 5.73 Å². The van der Waals surface area contributed by atoms with Gasteiger partial charge in [0.05, 0.1) is 5.92 Å². The Bertz CT molecular complexity index is 325. The van der Waals surface area contributed by atoms with E-state index < -0.39 is 12.1 Å². The van der Waals surface area contributed by atoms with Gasteiger partial charge in [-0.2, -0.15) is 13.2 Å². The average molecular weight is 294 g/mol. The minimum atomic E-state index is -4.13. The Morgan fingerprint density at radius 1 is 1.25 bits per heavy atom. The van der Waals surface area contributed by atoms with Gasteiger partial charge in [-0.15, -0.1) is 0 Å². The number of halogens is 3. The Kier molecular flexibility index (Phi) is 5.86. The molecule has 0 radical (unpaired) electrons. The van der Waals surface area contributed by atoms with Gasteiger partial charge in [-0.25, -0.2) is 0 Å². The van der Waals surface area contributed by atoms with Crippen LogP contribution in [0.5, 0.6) is 0 Å². The minimum Gasteiger partial charge on any atom is -0.351 e. The number of nitrogens with one attached hydrogen (secondary N) is 1. The predicted molar refractivity (Wildman–Crippen MR) is 72.0 cm³/mol. The van der Waals surface area contributed by atoms with Crippen LogP contribution >= 0.6 is 0 Å². The van der Waals surface area contributed by atoms with E-state index in [2.05, 4.69) is 5.32 Å². The summed E-state index contributed by atoms with van der Waals surface area (Å²) in [6.45, 7) is 4.38. The van der Waals surface area contributed by atoms with Crippen molar-refractivity contribution in [2.45, 2.75) is 64.1 Å². The SMILES string of the molecule is CCC(C)(CCN)NC(=O)C1CCC(C(F)(F)F)CC1. The van der Waals surface area contributed by atoms with Crippen LogP contribution in [0.25, 0.3) is 0 Å². The third kappa shape index (κ3) is 4.65. The van der Waals surface area contributed by atoms with Gasteiger partial charge in [-0.1, -0.05) is 6.92 Å². The van der Waals surface area contributed by atoms with Crippen LogP contribution in [-0.2, 0) is 4.79 Å². The van der Waals surface area contributed by atoms with Crippen molar-refractivity contribution in [2.75, 3.05) is 6.54 Å². The Morgan fingerprint density at radius 2 is 1.80 bits per heavy atom. The van der Waals surface area contributed by atoms with Crippen molar-refractivity contribution in [1.82, 2.24) is 5.32 Å². The lowest BCUT2D eigenvalue weighted by molar-refractivity contribution is -0.184. The van der Waals surface area contributed by atoms with Gasteiger partial charge in [-0.05, 0) is 52.0 Å². The Labute approximate surface area is 118 Å². The van der Waals surface area contributed by atoms with E-state index in [0.29, 0.717) is 25.8 Å². The molecule has 1 unspecified atom stereocenters. The summed E-state index contributed by atoms with van der Waals surface area (Å²) in [5.74, 6) is -1.66. The number of alkyl halides is 3. The van der Waals surface area contributed by atoms with Crippen molar-refractivity contribution in [3.05, 3.63) is 0 Å².